The molecule has 0 bridgehead atoms. The normalized spacial score (nSPS) is 22.5. The summed E-state index contributed by atoms with van der Waals surface area (Å²) in [6, 6.07) is 2.72. The number of hydrogen-bond acceptors (Lipinski definition) is 2. The Balaban J connectivity index is 2.90. The first kappa shape index (κ1) is 17.8. The van der Waals surface area contributed by atoms with Gasteiger partial charge in [-0.25, -0.2) is 0 Å². The number of anilines is 1. The molecule has 126 valence electrons. The summed E-state index contributed by atoms with van der Waals surface area (Å²) in [6.07, 6.45) is 0. The van der Waals surface area contributed by atoms with Crippen molar-refractivity contribution < 1.29 is 0 Å². The van der Waals surface area contributed by atoms with Gasteiger partial charge in [-0.1, -0.05) is 19.4 Å². The number of rotatable bonds is 2. The van der Waals surface area contributed by atoms with Gasteiger partial charge in [-0.2, -0.15) is 0 Å². The largest absolute Gasteiger partial charge is 0.363 e. The predicted molar refractivity (Wildman–Crippen MR) is 102 cm³/mol. The van der Waals surface area contributed by atoms with Crippen molar-refractivity contribution in [2.75, 3.05) is 11.4 Å². The summed E-state index contributed by atoms with van der Waals surface area (Å²) in [4.78, 5) is 7.49. The van der Waals surface area contributed by atoms with Gasteiger partial charge in [-0.15, -0.1) is 0 Å². The zero-order valence-electron chi connectivity index (χ0n) is 16.3. The fraction of sp³-hybridized carbons (Fsp3) is 0.571. The van der Waals surface area contributed by atoms with Crippen molar-refractivity contribution in [2.24, 2.45) is 0 Å². The van der Waals surface area contributed by atoms with Gasteiger partial charge < -0.3 is 4.90 Å². The number of pyridine rings is 1. The lowest BCUT2D eigenvalue weighted by Gasteiger charge is -2.36. The van der Waals surface area contributed by atoms with Crippen molar-refractivity contribution in [1.29, 1.82) is 0 Å². The number of aromatic nitrogens is 1. The fourth-order valence-electron chi connectivity index (χ4n) is 3.37. The third-order valence-corrected chi connectivity index (χ3v) is 5.21. The first-order valence-corrected chi connectivity index (χ1v) is 8.77. The molecule has 2 nitrogen and oxygen atoms in total. The Hall–Kier alpha value is -1.57. The van der Waals surface area contributed by atoms with Crippen LogP contribution in [-0.4, -0.2) is 17.6 Å². The molecule has 2 heteroatoms. The topological polar surface area (TPSA) is 16.1 Å². The molecule has 0 aliphatic carbocycles. The molecular formula is C21H32N2. The van der Waals surface area contributed by atoms with Crippen LogP contribution in [0.3, 0.4) is 0 Å². The van der Waals surface area contributed by atoms with Crippen LogP contribution in [0.25, 0.3) is 5.57 Å². The van der Waals surface area contributed by atoms with Crippen LogP contribution in [0.5, 0.6) is 0 Å². The summed E-state index contributed by atoms with van der Waals surface area (Å²) in [7, 11) is 0. The molecule has 1 aliphatic heterocycles. The maximum atomic E-state index is 4.96. The van der Waals surface area contributed by atoms with Crippen LogP contribution in [0.15, 0.2) is 22.8 Å². The number of aryl methyl sites for hydroxylation is 1. The zero-order valence-corrected chi connectivity index (χ0v) is 16.3. The van der Waals surface area contributed by atoms with Crippen LogP contribution in [0.1, 0.15) is 78.3 Å². The molecule has 0 aromatic carbocycles. The van der Waals surface area contributed by atoms with Crippen molar-refractivity contribution in [3.05, 3.63) is 39.7 Å². The molecule has 1 aromatic heterocycles. The van der Waals surface area contributed by atoms with Crippen LogP contribution < -0.4 is 4.90 Å². The molecular weight excluding hydrogens is 280 g/mol. The molecule has 0 fully saturated rings. The quantitative estimate of drug-likeness (QED) is 0.678. The molecule has 0 saturated carbocycles. The Labute approximate surface area is 142 Å². The molecule has 0 amide bonds. The van der Waals surface area contributed by atoms with Crippen LogP contribution >= 0.6 is 0 Å². The highest BCUT2D eigenvalue weighted by Crippen LogP contribution is 2.39. The van der Waals surface area contributed by atoms with Crippen LogP contribution in [-0.2, 0) is 0 Å². The van der Waals surface area contributed by atoms with Gasteiger partial charge in [0.25, 0.3) is 0 Å². The Morgan fingerprint density at radius 3 is 2.04 bits per heavy atom. The van der Waals surface area contributed by atoms with E-state index in [9.17, 15) is 0 Å². The summed E-state index contributed by atoms with van der Waals surface area (Å²) in [5, 5.41) is 0. The van der Waals surface area contributed by atoms with Gasteiger partial charge in [0.2, 0.25) is 0 Å². The molecule has 0 atom stereocenters. The molecule has 0 radical (unpaired) electrons. The van der Waals surface area contributed by atoms with Gasteiger partial charge >= 0.3 is 0 Å². The van der Waals surface area contributed by atoms with Gasteiger partial charge in [0.1, 0.15) is 0 Å². The predicted octanol–water partition coefficient (Wildman–Crippen LogP) is 5.87. The molecule has 2 heterocycles. The number of hydrogen-bond donors (Lipinski definition) is 0. The van der Waals surface area contributed by atoms with Gasteiger partial charge in [0.05, 0.1) is 11.4 Å². The summed E-state index contributed by atoms with van der Waals surface area (Å²) < 4.78 is 0. The standard InChI is InChI=1S/C21H32N2/c1-12(2)19-10-15(6)22-20-18(9)17(8)16(7)14(5)11-23(13(3)4)21(19)20/h10,12-13H,11H2,1-9H3/b16-14-,18-17-. The fourth-order valence-corrected chi connectivity index (χ4v) is 3.37. The average molecular weight is 313 g/mol. The minimum Gasteiger partial charge on any atom is -0.363 e. The number of allylic oxidation sites excluding steroid dienone is 3. The lowest BCUT2D eigenvalue weighted by Crippen LogP contribution is -2.35. The smallest absolute Gasteiger partial charge is 0.0901 e. The average Bonchev–Trinajstić information content (AvgIpc) is 2.48. The van der Waals surface area contributed by atoms with E-state index in [2.05, 4.69) is 73.3 Å². The van der Waals surface area contributed by atoms with E-state index in [1.165, 1.54) is 39.2 Å². The summed E-state index contributed by atoms with van der Waals surface area (Å²) >= 11 is 0. The minimum absolute atomic E-state index is 0.449. The highest BCUT2D eigenvalue weighted by atomic mass is 15.2. The highest BCUT2D eigenvalue weighted by molar-refractivity contribution is 5.81. The molecule has 1 aromatic rings. The Morgan fingerprint density at radius 2 is 1.52 bits per heavy atom. The summed E-state index contributed by atoms with van der Waals surface area (Å²) in [6.45, 7) is 21.2. The van der Waals surface area contributed by atoms with Crippen molar-refractivity contribution in [2.45, 2.75) is 74.3 Å². The zero-order chi connectivity index (χ0) is 17.5. The first-order valence-electron chi connectivity index (χ1n) is 8.77. The van der Waals surface area contributed by atoms with Gasteiger partial charge in [0, 0.05) is 18.3 Å². The Bertz CT molecular complexity index is 675. The number of nitrogens with zero attached hydrogens (tertiary/aromatic N) is 2. The van der Waals surface area contributed by atoms with Crippen molar-refractivity contribution >= 4 is 11.3 Å². The molecule has 0 N–H and O–H groups in total. The van der Waals surface area contributed by atoms with Crippen LogP contribution in [0.2, 0.25) is 0 Å². The van der Waals surface area contributed by atoms with E-state index >= 15 is 0 Å². The second kappa shape index (κ2) is 6.51. The van der Waals surface area contributed by atoms with E-state index in [1.54, 1.807) is 0 Å². The molecule has 0 saturated heterocycles. The van der Waals surface area contributed by atoms with Crippen molar-refractivity contribution in [3.63, 3.8) is 0 Å². The third-order valence-electron chi connectivity index (χ3n) is 5.21. The van der Waals surface area contributed by atoms with Crippen LogP contribution in [0.4, 0.5) is 5.69 Å². The second-order valence-electron chi connectivity index (χ2n) is 7.58. The van der Waals surface area contributed by atoms with E-state index in [0.29, 0.717) is 12.0 Å². The SMILES string of the molecule is C/C1=C(C)/C(C)=C(/C)c2nc(C)cc(C(C)C)c2N(C(C)C)C1. The van der Waals surface area contributed by atoms with Gasteiger partial charge in [0.15, 0.2) is 0 Å². The molecule has 1 aliphatic rings. The van der Waals surface area contributed by atoms with E-state index < -0.39 is 0 Å². The Morgan fingerprint density at radius 1 is 0.913 bits per heavy atom. The molecule has 0 unspecified atom stereocenters. The maximum Gasteiger partial charge on any atom is 0.0901 e. The van der Waals surface area contributed by atoms with E-state index in [1.807, 2.05) is 0 Å². The first-order chi connectivity index (χ1) is 10.6. The maximum absolute atomic E-state index is 4.96. The molecule has 23 heavy (non-hydrogen) atoms. The second-order valence-corrected chi connectivity index (χ2v) is 7.58. The van der Waals surface area contributed by atoms with Gasteiger partial charge in [-0.05, 0) is 82.7 Å². The minimum atomic E-state index is 0.449. The van der Waals surface area contributed by atoms with E-state index in [-0.39, 0.29) is 0 Å². The lowest BCUT2D eigenvalue weighted by molar-refractivity contribution is 0.694. The van der Waals surface area contributed by atoms with E-state index in [4.69, 9.17) is 4.98 Å². The van der Waals surface area contributed by atoms with Crippen molar-refractivity contribution in [3.8, 4) is 0 Å². The highest BCUT2D eigenvalue weighted by Gasteiger charge is 2.25. The van der Waals surface area contributed by atoms with E-state index in [0.717, 1.165) is 12.2 Å². The lowest BCUT2D eigenvalue weighted by atomic mass is 9.90. The van der Waals surface area contributed by atoms with Gasteiger partial charge in [-0.3, -0.25) is 4.98 Å². The van der Waals surface area contributed by atoms with Crippen LogP contribution in [0, 0.1) is 6.92 Å². The number of fused-ring (bicyclic) bond motifs is 1. The Kier molecular flexibility index (Phi) is 5.03. The third kappa shape index (κ3) is 3.22. The van der Waals surface area contributed by atoms with Crippen molar-refractivity contribution in [1.82, 2.24) is 4.98 Å². The molecule has 2 rings (SSSR count). The summed E-state index contributed by atoms with van der Waals surface area (Å²) in [5.74, 6) is 0.490. The monoisotopic (exact) mass is 312 g/mol. The summed E-state index contributed by atoms with van der Waals surface area (Å²) in [5.41, 5.74) is 10.6. The molecule has 0 spiro atoms.